The third-order valence-corrected chi connectivity index (χ3v) is 23.8. The lowest BCUT2D eigenvalue weighted by molar-refractivity contribution is 0.487. The Balaban J connectivity index is 0.856. The van der Waals surface area contributed by atoms with E-state index in [1.165, 1.54) is 5.46 Å². The monoisotopic (exact) mass is 1410 g/mol. The molecule has 0 atom stereocenters. The van der Waals surface area contributed by atoms with Crippen LogP contribution in [0.4, 0.5) is 114 Å². The van der Waals surface area contributed by atoms with Gasteiger partial charge in [0, 0.05) is 104 Å². The van der Waals surface area contributed by atoms with Crippen LogP contribution in [0.1, 0.15) is 11.1 Å². The van der Waals surface area contributed by atoms with Crippen molar-refractivity contribution in [3.8, 4) is 23.6 Å². The molecule has 1 N–H and O–H groups in total. The third-order valence-electron chi connectivity index (χ3n) is 21.5. The highest BCUT2D eigenvalue weighted by molar-refractivity contribution is 8.01. The zero-order chi connectivity index (χ0) is 70.8. The van der Waals surface area contributed by atoms with Gasteiger partial charge in [-0.3, -0.25) is 12.9 Å². The number of fused-ring (bicyclic) bond motifs is 12. The van der Waals surface area contributed by atoms with Gasteiger partial charge in [0.15, 0.2) is 0 Å². The number of anilines is 20. The van der Waals surface area contributed by atoms with E-state index in [4.69, 9.17) is 4.74 Å². The predicted octanol–water partition coefficient (Wildman–Crippen LogP) is 17.5. The lowest BCUT2D eigenvalue weighted by Gasteiger charge is -2.46. The van der Waals surface area contributed by atoms with Crippen LogP contribution in [0.25, 0.3) is 0 Å². The standard InChI is InChI=1S/C89H61B3N10OS3/c1-104-100-78-53-75-69(90-70-43-57(55-93)39-41-77(70)99(65-37-23-10-24-38-65)81-46-66(45-76(95-75)87(81)90)96(59-25-11-4-12-26-59)60-27-13-5-14-28-60)51-71(78)91-72-52-73-80(54-79(72)101(105-2)83-48-67(47-82(100)88(83)91)97(61-29-15-6-16-30-61)62-31-17-7-18-32-62)102(106-3)84-49-68(98(63-33-19-8-20-34-63)64-35-21-9-22-36-64)50-86-89(84)92(73)74-44-58(56-94)40-42-85(74)103-86/h4-54,95H,1-3H3. The molecule has 0 radical (unpaired) electrons. The average Bonchev–Trinajstić information content (AvgIpc) is 0.702. The number of rotatable bonds is 13. The maximum Gasteiger partial charge on any atom is 0.256 e. The number of hydrogen-bond donors (Lipinski definition) is 1. The fourth-order valence-corrected chi connectivity index (χ4v) is 19.4. The van der Waals surface area contributed by atoms with E-state index >= 15 is 0 Å². The molecule has 6 aliphatic rings. The summed E-state index contributed by atoms with van der Waals surface area (Å²) in [6.07, 6.45) is 6.57. The summed E-state index contributed by atoms with van der Waals surface area (Å²) in [7, 11) is 0. The molecule has 20 rings (SSSR count). The maximum absolute atomic E-state index is 11.0. The molecule has 0 bridgehead atoms. The van der Waals surface area contributed by atoms with E-state index < -0.39 is 0 Å². The molecule has 11 nitrogen and oxygen atoms in total. The molecule has 0 fully saturated rings. The zero-order valence-corrected chi connectivity index (χ0v) is 60.3. The summed E-state index contributed by atoms with van der Waals surface area (Å²) in [5.41, 5.74) is 31.6. The van der Waals surface area contributed by atoms with Crippen LogP contribution >= 0.6 is 35.8 Å². The first-order valence-electron chi connectivity index (χ1n) is 35.4. The molecule has 0 spiro atoms. The highest BCUT2D eigenvalue weighted by Crippen LogP contribution is 2.52. The van der Waals surface area contributed by atoms with E-state index in [1.807, 2.05) is 24.3 Å². The van der Waals surface area contributed by atoms with Gasteiger partial charge in [0.1, 0.15) is 11.5 Å². The van der Waals surface area contributed by atoms with Gasteiger partial charge in [0.2, 0.25) is 0 Å². The highest BCUT2D eigenvalue weighted by Gasteiger charge is 2.50. The normalized spacial score (nSPS) is 13.2. The van der Waals surface area contributed by atoms with E-state index in [0.29, 0.717) is 11.1 Å². The highest BCUT2D eigenvalue weighted by atomic mass is 32.2. The minimum absolute atomic E-state index is 0.320. The topological polar surface area (TPSA) is 91.5 Å². The minimum Gasteiger partial charge on any atom is -0.458 e. The first-order valence-corrected chi connectivity index (χ1v) is 38.9. The Morgan fingerprint density at radius 3 is 1.15 bits per heavy atom. The third kappa shape index (κ3) is 9.87. The van der Waals surface area contributed by atoms with Crippen LogP contribution in [-0.2, 0) is 0 Å². The van der Waals surface area contributed by atoms with Crippen LogP contribution in [-0.4, -0.2) is 38.9 Å². The Morgan fingerprint density at radius 1 is 0.302 bits per heavy atom. The summed E-state index contributed by atoms with van der Waals surface area (Å²) in [6.45, 7) is -0.979. The average molecular weight is 1420 g/mol. The van der Waals surface area contributed by atoms with Crippen molar-refractivity contribution in [1.29, 1.82) is 10.5 Å². The van der Waals surface area contributed by atoms with Crippen LogP contribution in [0.3, 0.4) is 0 Å². The number of hydrogen-bond acceptors (Lipinski definition) is 14. The van der Waals surface area contributed by atoms with Crippen LogP contribution in [0, 0.1) is 22.7 Å². The van der Waals surface area contributed by atoms with Gasteiger partial charge in [-0.25, -0.2) is 0 Å². The van der Waals surface area contributed by atoms with Gasteiger partial charge in [-0.15, -0.1) is 0 Å². The van der Waals surface area contributed by atoms with Crippen molar-refractivity contribution in [3.63, 3.8) is 0 Å². The fourth-order valence-electron chi connectivity index (χ4n) is 17.2. The van der Waals surface area contributed by atoms with Crippen molar-refractivity contribution in [2.45, 2.75) is 0 Å². The molecular weight excluding hydrogens is 1350 g/mol. The van der Waals surface area contributed by atoms with Crippen LogP contribution in [0.2, 0.25) is 0 Å². The SMILES string of the molecule is CSN1c2cc3c(cc2B2c4cc(C#N)ccc4Oc4cc(N(c5ccccc5)c5ccccc5)cc1c42)B1c2cc4c(cc2N(SC)c2cc(N(c5ccccc5)c5ccccc5)cc(c21)N3SC)Nc1cc(N(c2ccccc2)c2ccccc2)cc2c1B4c1cc(C#N)ccc1N2c1ccccc1. The summed E-state index contributed by atoms with van der Waals surface area (Å²) < 4.78 is 14.6. The summed E-state index contributed by atoms with van der Waals surface area (Å²) in [6, 6.07) is 116. The molecule has 6 heterocycles. The van der Waals surface area contributed by atoms with Gasteiger partial charge in [-0.2, -0.15) is 10.5 Å². The number of nitrogens with zero attached hydrogens (tertiary/aromatic N) is 9. The maximum atomic E-state index is 11.0. The molecular formula is C89H61B3N10OS3. The van der Waals surface area contributed by atoms with Crippen molar-refractivity contribution < 1.29 is 4.74 Å². The molecule has 17 heteroatoms. The molecule has 0 aromatic heterocycles. The lowest BCUT2D eigenvalue weighted by Crippen LogP contribution is -2.66. The van der Waals surface area contributed by atoms with Crippen molar-refractivity contribution in [3.05, 3.63) is 321 Å². The van der Waals surface area contributed by atoms with Gasteiger partial charge < -0.3 is 29.7 Å². The van der Waals surface area contributed by atoms with E-state index in [0.717, 1.165) is 169 Å². The molecule has 0 saturated heterocycles. The largest absolute Gasteiger partial charge is 0.458 e. The van der Waals surface area contributed by atoms with Crippen LogP contribution in [0.15, 0.2) is 309 Å². The fraction of sp³-hybridized carbons (Fsp3) is 0.0337. The summed E-state index contributed by atoms with van der Waals surface area (Å²) >= 11 is 5.12. The van der Waals surface area contributed by atoms with Gasteiger partial charge in [0.25, 0.3) is 20.1 Å². The second kappa shape index (κ2) is 25.4. The molecule has 106 heavy (non-hydrogen) atoms. The number of nitrogens with one attached hydrogen (secondary N) is 1. The van der Waals surface area contributed by atoms with E-state index in [-0.39, 0.29) is 20.1 Å². The molecule has 0 aliphatic carbocycles. The first kappa shape index (κ1) is 63.2. The van der Waals surface area contributed by atoms with Gasteiger partial charge in [-0.05, 0) is 249 Å². The first-order chi connectivity index (χ1) is 52.4. The Hall–Kier alpha value is -12.5. The molecule has 14 aromatic carbocycles. The molecule has 0 saturated carbocycles. The Bertz CT molecular complexity index is 5870. The van der Waals surface area contributed by atoms with Crippen molar-refractivity contribution in [2.24, 2.45) is 0 Å². The number of para-hydroxylation sites is 7. The van der Waals surface area contributed by atoms with Gasteiger partial charge >= 0.3 is 0 Å². The van der Waals surface area contributed by atoms with Crippen LogP contribution < -0.4 is 91.7 Å². The molecule has 0 unspecified atom stereocenters. The van der Waals surface area contributed by atoms with Crippen molar-refractivity contribution in [1.82, 2.24) is 0 Å². The van der Waals surface area contributed by atoms with Gasteiger partial charge in [0.05, 0.1) is 57.4 Å². The summed E-state index contributed by atoms with van der Waals surface area (Å²) in [5, 5.41) is 26.0. The van der Waals surface area contributed by atoms with E-state index in [1.54, 1.807) is 35.8 Å². The predicted molar refractivity (Wildman–Crippen MR) is 451 cm³/mol. The lowest BCUT2D eigenvalue weighted by atomic mass is 9.29. The Labute approximate surface area is 630 Å². The van der Waals surface area contributed by atoms with Gasteiger partial charge in [-0.1, -0.05) is 140 Å². The van der Waals surface area contributed by atoms with Crippen molar-refractivity contribution in [2.75, 3.05) is 56.6 Å². The molecule has 14 aromatic rings. The summed E-state index contributed by atoms with van der Waals surface area (Å²) in [5.74, 6) is 1.48. The second-order valence-electron chi connectivity index (χ2n) is 27.1. The Morgan fingerprint density at radius 2 is 0.679 bits per heavy atom. The smallest absolute Gasteiger partial charge is 0.256 e. The van der Waals surface area contributed by atoms with Crippen LogP contribution in [0.5, 0.6) is 11.5 Å². The van der Waals surface area contributed by atoms with Crippen molar-refractivity contribution >= 4 is 219 Å². The second-order valence-corrected chi connectivity index (χ2v) is 29.3. The zero-order valence-electron chi connectivity index (χ0n) is 57.8. The molecule has 0 amide bonds. The molecule has 6 aliphatic heterocycles. The summed E-state index contributed by atoms with van der Waals surface area (Å²) in [4.78, 5) is 9.44. The number of benzene rings is 14. The number of nitriles is 2. The van der Waals surface area contributed by atoms with E-state index in [9.17, 15) is 10.5 Å². The number of ether oxygens (including phenoxy) is 1. The quantitative estimate of drug-likeness (QED) is 0.0877. The van der Waals surface area contributed by atoms with E-state index in [2.05, 4.69) is 354 Å². The Kier molecular flexibility index (Phi) is 15.2. The minimum atomic E-state index is -0.336. The molecule has 500 valence electrons.